The summed E-state index contributed by atoms with van der Waals surface area (Å²) in [7, 11) is 0. The molecule has 0 unspecified atom stereocenters. The van der Waals surface area contributed by atoms with E-state index in [1.165, 1.54) is 5.56 Å². The summed E-state index contributed by atoms with van der Waals surface area (Å²) >= 11 is 0. The van der Waals surface area contributed by atoms with Crippen molar-refractivity contribution in [1.29, 1.82) is 0 Å². The molecule has 0 bridgehead atoms. The average molecular weight is 346 g/mol. The molecule has 0 saturated carbocycles. The molecule has 130 valence electrons. The largest absolute Gasteiger partial charge is 0.464 e. The zero-order valence-corrected chi connectivity index (χ0v) is 14.6. The maximum atomic E-state index is 12.4. The fourth-order valence-corrected chi connectivity index (χ4v) is 2.96. The number of anilines is 1. The van der Waals surface area contributed by atoms with Gasteiger partial charge < -0.3 is 14.3 Å². The Hall–Kier alpha value is -3.34. The monoisotopic (exact) mass is 346 g/mol. The molecule has 0 atom stereocenters. The van der Waals surface area contributed by atoms with Gasteiger partial charge >= 0.3 is 0 Å². The van der Waals surface area contributed by atoms with Gasteiger partial charge in [-0.2, -0.15) is 0 Å². The Kier molecular flexibility index (Phi) is 4.05. The number of hydrogen-bond donors (Lipinski definition) is 1. The first kappa shape index (κ1) is 16.1. The number of nitrogens with zero attached hydrogens (tertiary/aromatic N) is 1. The minimum absolute atomic E-state index is 0.168. The summed E-state index contributed by atoms with van der Waals surface area (Å²) in [6.45, 7) is 4.06. The number of fused-ring (bicyclic) bond motifs is 1. The first-order chi connectivity index (χ1) is 12.6. The van der Waals surface area contributed by atoms with Crippen LogP contribution in [0, 0.1) is 13.8 Å². The van der Waals surface area contributed by atoms with E-state index in [0.717, 1.165) is 27.7 Å². The molecule has 0 spiro atoms. The van der Waals surface area contributed by atoms with Gasteiger partial charge in [-0.25, -0.2) is 0 Å². The van der Waals surface area contributed by atoms with E-state index in [0.29, 0.717) is 11.6 Å². The molecule has 2 aromatic heterocycles. The molecule has 0 aliphatic rings. The molecule has 0 aliphatic heterocycles. The first-order valence-corrected chi connectivity index (χ1v) is 8.40. The highest BCUT2D eigenvalue weighted by Gasteiger charge is 2.14. The smallest absolute Gasteiger partial charge is 0.230 e. The van der Waals surface area contributed by atoms with Crippen LogP contribution in [0.3, 0.4) is 0 Å². The molecular weight excluding hydrogens is 328 g/mol. The van der Waals surface area contributed by atoms with Crippen molar-refractivity contribution in [3.8, 4) is 11.3 Å². The van der Waals surface area contributed by atoms with Crippen molar-refractivity contribution in [1.82, 2.24) is 5.16 Å². The first-order valence-electron chi connectivity index (χ1n) is 8.40. The van der Waals surface area contributed by atoms with Crippen LogP contribution in [0.15, 0.2) is 63.7 Å². The molecule has 26 heavy (non-hydrogen) atoms. The minimum Gasteiger partial charge on any atom is -0.464 e. The van der Waals surface area contributed by atoms with Crippen LogP contribution >= 0.6 is 0 Å². The fraction of sp³-hybridized carbons (Fsp3) is 0.143. The van der Waals surface area contributed by atoms with Crippen molar-refractivity contribution in [3.63, 3.8) is 0 Å². The Balaban J connectivity index is 1.50. The Labute approximate surface area is 150 Å². The molecule has 2 aromatic carbocycles. The van der Waals surface area contributed by atoms with Crippen molar-refractivity contribution >= 4 is 22.7 Å². The average Bonchev–Trinajstić information content (AvgIpc) is 3.27. The van der Waals surface area contributed by atoms with Crippen molar-refractivity contribution in [2.24, 2.45) is 0 Å². The molecule has 1 amide bonds. The van der Waals surface area contributed by atoms with Crippen LogP contribution in [0.4, 0.5) is 5.82 Å². The number of amides is 1. The van der Waals surface area contributed by atoms with Gasteiger partial charge in [0.2, 0.25) is 5.91 Å². The van der Waals surface area contributed by atoms with Crippen molar-refractivity contribution in [3.05, 3.63) is 71.5 Å². The molecule has 0 radical (unpaired) electrons. The third-order valence-corrected chi connectivity index (χ3v) is 4.53. The van der Waals surface area contributed by atoms with E-state index < -0.39 is 0 Å². The van der Waals surface area contributed by atoms with Crippen LogP contribution in [-0.4, -0.2) is 11.1 Å². The maximum Gasteiger partial charge on any atom is 0.230 e. The van der Waals surface area contributed by atoms with Gasteiger partial charge in [0.15, 0.2) is 11.6 Å². The summed E-state index contributed by atoms with van der Waals surface area (Å²) in [4.78, 5) is 12.4. The van der Waals surface area contributed by atoms with Crippen LogP contribution < -0.4 is 5.32 Å². The van der Waals surface area contributed by atoms with E-state index in [2.05, 4.69) is 10.5 Å². The number of hydrogen-bond acceptors (Lipinski definition) is 4. The molecule has 4 aromatic rings. The zero-order valence-electron chi connectivity index (χ0n) is 14.6. The van der Waals surface area contributed by atoms with Gasteiger partial charge in [-0.3, -0.25) is 4.79 Å². The van der Waals surface area contributed by atoms with Gasteiger partial charge in [0.05, 0.1) is 12.7 Å². The molecular formula is C21H18N2O3. The van der Waals surface area contributed by atoms with Gasteiger partial charge in [-0.1, -0.05) is 47.6 Å². The number of aromatic nitrogens is 1. The third kappa shape index (κ3) is 2.99. The predicted octanol–water partition coefficient (Wildman–Crippen LogP) is 4.89. The number of nitrogens with one attached hydrogen (secondary N) is 1. The normalized spacial score (nSPS) is 11.0. The molecule has 5 nitrogen and oxygen atoms in total. The van der Waals surface area contributed by atoms with Crippen LogP contribution in [0.25, 0.3) is 22.3 Å². The van der Waals surface area contributed by atoms with E-state index in [1.807, 2.05) is 56.3 Å². The quantitative estimate of drug-likeness (QED) is 0.571. The summed E-state index contributed by atoms with van der Waals surface area (Å²) in [6, 6.07) is 15.4. The predicted molar refractivity (Wildman–Crippen MR) is 100.0 cm³/mol. The lowest BCUT2D eigenvalue weighted by atomic mass is 10.0. The van der Waals surface area contributed by atoms with Gasteiger partial charge in [-0.15, -0.1) is 0 Å². The topological polar surface area (TPSA) is 68.3 Å². The van der Waals surface area contributed by atoms with Crippen molar-refractivity contribution in [2.45, 2.75) is 20.3 Å². The standard InChI is InChI=1S/C21H18N2O3/c1-13-8-9-17-16(12-25-21(17)14(13)2)10-20(24)22-19-11-18(26-23-19)15-6-4-3-5-7-15/h3-9,11-12H,10H2,1-2H3,(H,22,23,24). The number of carbonyl (C=O) groups excluding carboxylic acids is 1. The number of aryl methyl sites for hydroxylation is 2. The van der Waals surface area contributed by atoms with E-state index in [9.17, 15) is 4.79 Å². The third-order valence-electron chi connectivity index (χ3n) is 4.53. The SMILES string of the molecule is Cc1ccc2c(CC(=O)Nc3cc(-c4ccccc4)on3)coc2c1C. The molecule has 0 fully saturated rings. The number of rotatable bonds is 4. The Morgan fingerprint density at radius 1 is 1.12 bits per heavy atom. The van der Waals surface area contributed by atoms with Gasteiger partial charge in [0.1, 0.15) is 5.58 Å². The Morgan fingerprint density at radius 3 is 2.73 bits per heavy atom. The number of furan rings is 1. The van der Waals surface area contributed by atoms with Crippen molar-refractivity contribution in [2.75, 3.05) is 5.32 Å². The molecule has 0 saturated heterocycles. The number of benzene rings is 2. The van der Waals surface area contributed by atoms with Crippen LogP contribution in [0.2, 0.25) is 0 Å². The number of carbonyl (C=O) groups is 1. The van der Waals surface area contributed by atoms with Gasteiger partial charge in [0.25, 0.3) is 0 Å². The highest BCUT2D eigenvalue weighted by atomic mass is 16.5. The summed E-state index contributed by atoms with van der Waals surface area (Å²) < 4.78 is 11.0. The molecule has 1 N–H and O–H groups in total. The summed E-state index contributed by atoms with van der Waals surface area (Å²) in [5.41, 5.74) is 4.86. The highest BCUT2D eigenvalue weighted by molar-refractivity contribution is 5.95. The molecule has 4 rings (SSSR count). The van der Waals surface area contributed by atoms with Crippen LogP contribution in [0.5, 0.6) is 0 Å². The lowest BCUT2D eigenvalue weighted by Crippen LogP contribution is -2.14. The van der Waals surface area contributed by atoms with E-state index in [-0.39, 0.29) is 12.3 Å². The zero-order chi connectivity index (χ0) is 18.1. The second-order valence-electron chi connectivity index (χ2n) is 6.31. The Bertz CT molecular complexity index is 1080. The molecule has 2 heterocycles. The fourth-order valence-electron chi connectivity index (χ4n) is 2.96. The van der Waals surface area contributed by atoms with Crippen molar-refractivity contribution < 1.29 is 13.7 Å². The second kappa shape index (κ2) is 6.52. The lowest BCUT2D eigenvalue weighted by molar-refractivity contribution is -0.115. The van der Waals surface area contributed by atoms with Gasteiger partial charge in [-0.05, 0) is 25.0 Å². The summed E-state index contributed by atoms with van der Waals surface area (Å²) in [6.07, 6.45) is 1.86. The molecule has 0 aliphatic carbocycles. The maximum absolute atomic E-state index is 12.4. The van der Waals surface area contributed by atoms with E-state index in [1.54, 1.807) is 12.3 Å². The van der Waals surface area contributed by atoms with Gasteiger partial charge in [0, 0.05) is 22.6 Å². The molecule has 5 heteroatoms. The highest BCUT2D eigenvalue weighted by Crippen LogP contribution is 2.27. The van der Waals surface area contributed by atoms with Crippen LogP contribution in [0.1, 0.15) is 16.7 Å². The van der Waals surface area contributed by atoms with Crippen LogP contribution in [-0.2, 0) is 11.2 Å². The second-order valence-corrected chi connectivity index (χ2v) is 6.31. The Morgan fingerprint density at radius 2 is 1.92 bits per heavy atom. The van der Waals surface area contributed by atoms with E-state index in [4.69, 9.17) is 8.94 Å². The summed E-state index contributed by atoms with van der Waals surface area (Å²) in [5, 5.41) is 7.66. The lowest BCUT2D eigenvalue weighted by Gasteiger charge is -2.02. The minimum atomic E-state index is -0.168. The van der Waals surface area contributed by atoms with E-state index >= 15 is 0 Å². The summed E-state index contributed by atoms with van der Waals surface area (Å²) in [5.74, 6) is 0.841.